The van der Waals surface area contributed by atoms with Gasteiger partial charge in [-0.1, -0.05) is 6.07 Å². The van der Waals surface area contributed by atoms with Crippen LogP contribution in [0.2, 0.25) is 0 Å². The summed E-state index contributed by atoms with van der Waals surface area (Å²) in [7, 11) is 2.11. The Morgan fingerprint density at radius 1 is 1.29 bits per heavy atom. The number of hydrogen-bond acceptors (Lipinski definition) is 2. The molecule has 0 aromatic carbocycles. The van der Waals surface area contributed by atoms with Crippen molar-refractivity contribution in [3.05, 3.63) is 53.6 Å². The SMILES string of the molecule is CCN1C(=S)N[C@@H](c2ccccn2)[C@H]1c1ccc(C)n1C. The quantitative estimate of drug-likeness (QED) is 0.884. The topological polar surface area (TPSA) is 33.1 Å². The van der Waals surface area contributed by atoms with Crippen LogP contribution in [0, 0.1) is 6.92 Å². The lowest BCUT2D eigenvalue weighted by Crippen LogP contribution is -2.30. The number of pyridine rings is 1. The molecule has 3 heterocycles. The van der Waals surface area contributed by atoms with Crippen LogP contribution in [0.3, 0.4) is 0 Å². The average Bonchev–Trinajstić information content (AvgIpc) is 3.00. The number of likely N-dealkylation sites (N-methyl/N-ethyl adjacent to an activating group) is 1. The fourth-order valence-electron chi connectivity index (χ4n) is 3.00. The Hall–Kier alpha value is -1.88. The fourth-order valence-corrected chi connectivity index (χ4v) is 3.37. The number of nitrogens with one attached hydrogen (secondary N) is 1. The Morgan fingerprint density at radius 3 is 2.67 bits per heavy atom. The molecule has 0 amide bonds. The average molecular weight is 300 g/mol. The maximum absolute atomic E-state index is 5.52. The Kier molecular flexibility index (Phi) is 3.68. The highest BCUT2D eigenvalue weighted by Gasteiger charge is 2.40. The van der Waals surface area contributed by atoms with E-state index in [-0.39, 0.29) is 12.1 Å². The predicted molar refractivity (Wildman–Crippen MR) is 88.0 cm³/mol. The second-order valence-electron chi connectivity index (χ2n) is 5.37. The number of hydrogen-bond donors (Lipinski definition) is 1. The highest BCUT2D eigenvalue weighted by molar-refractivity contribution is 7.80. The minimum absolute atomic E-state index is 0.0895. The monoisotopic (exact) mass is 300 g/mol. The molecule has 2 aromatic heterocycles. The molecule has 110 valence electrons. The minimum Gasteiger partial charge on any atom is -0.352 e. The number of aromatic nitrogens is 2. The Balaban J connectivity index is 2.07. The first-order chi connectivity index (χ1) is 10.1. The van der Waals surface area contributed by atoms with Gasteiger partial charge in [0.15, 0.2) is 5.11 Å². The summed E-state index contributed by atoms with van der Waals surface area (Å²) in [5.74, 6) is 0. The van der Waals surface area contributed by atoms with Gasteiger partial charge in [-0.05, 0) is 50.3 Å². The zero-order chi connectivity index (χ0) is 15.0. The predicted octanol–water partition coefficient (Wildman–Crippen LogP) is 2.72. The highest BCUT2D eigenvalue weighted by atomic mass is 32.1. The van der Waals surface area contributed by atoms with Crippen molar-refractivity contribution in [2.75, 3.05) is 6.54 Å². The van der Waals surface area contributed by atoms with E-state index >= 15 is 0 Å². The molecular formula is C16H20N4S. The van der Waals surface area contributed by atoms with Crippen molar-refractivity contribution in [3.63, 3.8) is 0 Å². The highest BCUT2D eigenvalue weighted by Crippen LogP contribution is 2.38. The van der Waals surface area contributed by atoms with E-state index in [0.29, 0.717) is 0 Å². The van der Waals surface area contributed by atoms with Crippen molar-refractivity contribution < 1.29 is 0 Å². The van der Waals surface area contributed by atoms with E-state index in [0.717, 1.165) is 17.4 Å². The van der Waals surface area contributed by atoms with Crippen LogP contribution >= 0.6 is 12.2 Å². The van der Waals surface area contributed by atoms with E-state index in [4.69, 9.17) is 12.2 Å². The standard InChI is InChI=1S/C16H20N4S/c1-4-20-15(13-9-8-11(2)19(13)3)14(18-16(20)21)12-7-5-6-10-17-12/h5-10,14-15H,4H2,1-3H3,(H,18,21)/t14-,15+/m0/s1. The summed E-state index contributed by atoms with van der Waals surface area (Å²) in [6, 6.07) is 10.6. The molecule has 5 heteroatoms. The van der Waals surface area contributed by atoms with Gasteiger partial charge in [0.25, 0.3) is 0 Å². The molecule has 21 heavy (non-hydrogen) atoms. The van der Waals surface area contributed by atoms with Crippen LogP contribution in [0.25, 0.3) is 0 Å². The van der Waals surface area contributed by atoms with Gasteiger partial charge in [0.05, 0.1) is 17.8 Å². The second kappa shape index (κ2) is 5.48. The molecule has 0 unspecified atom stereocenters. The van der Waals surface area contributed by atoms with E-state index in [1.165, 1.54) is 11.4 Å². The Labute approximate surface area is 130 Å². The van der Waals surface area contributed by atoms with Gasteiger partial charge in [-0.2, -0.15) is 0 Å². The lowest BCUT2D eigenvalue weighted by molar-refractivity contribution is 0.317. The van der Waals surface area contributed by atoms with Gasteiger partial charge in [-0.3, -0.25) is 4.98 Å². The number of rotatable bonds is 3. The first kappa shape index (κ1) is 14.1. The van der Waals surface area contributed by atoms with E-state index in [2.05, 4.69) is 58.9 Å². The third-order valence-corrected chi connectivity index (χ3v) is 4.61. The van der Waals surface area contributed by atoms with Gasteiger partial charge >= 0.3 is 0 Å². The number of nitrogens with zero attached hydrogens (tertiary/aromatic N) is 3. The smallest absolute Gasteiger partial charge is 0.170 e. The maximum Gasteiger partial charge on any atom is 0.170 e. The van der Waals surface area contributed by atoms with Crippen molar-refractivity contribution in [1.82, 2.24) is 19.8 Å². The summed E-state index contributed by atoms with van der Waals surface area (Å²) < 4.78 is 2.24. The van der Waals surface area contributed by atoms with Crippen LogP contribution in [0.15, 0.2) is 36.5 Å². The van der Waals surface area contributed by atoms with Gasteiger partial charge in [0.2, 0.25) is 0 Å². The fraction of sp³-hybridized carbons (Fsp3) is 0.375. The van der Waals surface area contributed by atoms with Crippen molar-refractivity contribution >= 4 is 17.3 Å². The van der Waals surface area contributed by atoms with Gasteiger partial charge in [0.1, 0.15) is 0 Å². The first-order valence-electron chi connectivity index (χ1n) is 7.23. The lowest BCUT2D eigenvalue weighted by atomic mass is 10.0. The van der Waals surface area contributed by atoms with Crippen molar-refractivity contribution in [3.8, 4) is 0 Å². The van der Waals surface area contributed by atoms with Crippen LogP contribution in [-0.2, 0) is 7.05 Å². The summed E-state index contributed by atoms with van der Waals surface area (Å²) in [6.07, 6.45) is 1.84. The third kappa shape index (κ3) is 2.31. The molecular weight excluding hydrogens is 280 g/mol. The minimum atomic E-state index is 0.0895. The van der Waals surface area contributed by atoms with E-state index in [1.54, 1.807) is 0 Å². The molecule has 1 fully saturated rings. The molecule has 3 rings (SSSR count). The van der Waals surface area contributed by atoms with Crippen molar-refractivity contribution in [2.24, 2.45) is 7.05 Å². The van der Waals surface area contributed by atoms with Gasteiger partial charge in [-0.25, -0.2) is 0 Å². The molecule has 0 saturated carbocycles. The summed E-state index contributed by atoms with van der Waals surface area (Å²) in [6.45, 7) is 5.14. The van der Waals surface area contributed by atoms with Gasteiger partial charge in [-0.15, -0.1) is 0 Å². The molecule has 2 aromatic rings. The van der Waals surface area contributed by atoms with Crippen LogP contribution < -0.4 is 5.32 Å². The Bertz CT molecular complexity index is 650. The van der Waals surface area contributed by atoms with Gasteiger partial charge in [0, 0.05) is 31.2 Å². The van der Waals surface area contributed by atoms with E-state index in [9.17, 15) is 0 Å². The summed E-state index contributed by atoms with van der Waals surface area (Å²) in [4.78, 5) is 6.76. The molecule has 1 aliphatic heterocycles. The van der Waals surface area contributed by atoms with Crippen molar-refractivity contribution in [1.29, 1.82) is 0 Å². The van der Waals surface area contributed by atoms with Crippen LogP contribution in [0.1, 0.15) is 36.1 Å². The number of aryl methyl sites for hydroxylation is 1. The van der Waals surface area contributed by atoms with Crippen LogP contribution in [0.4, 0.5) is 0 Å². The third-order valence-electron chi connectivity index (χ3n) is 4.25. The van der Waals surface area contributed by atoms with Crippen LogP contribution in [0.5, 0.6) is 0 Å². The van der Waals surface area contributed by atoms with Gasteiger partial charge < -0.3 is 14.8 Å². The van der Waals surface area contributed by atoms with E-state index in [1.807, 2.05) is 18.3 Å². The number of thiocarbonyl (C=S) groups is 1. The molecule has 0 bridgehead atoms. The first-order valence-corrected chi connectivity index (χ1v) is 7.64. The largest absolute Gasteiger partial charge is 0.352 e. The molecule has 1 saturated heterocycles. The lowest BCUT2D eigenvalue weighted by Gasteiger charge is -2.27. The molecule has 1 N–H and O–H groups in total. The van der Waals surface area contributed by atoms with E-state index < -0.39 is 0 Å². The zero-order valence-corrected chi connectivity index (χ0v) is 13.4. The molecule has 2 atom stereocenters. The molecule has 0 spiro atoms. The summed E-state index contributed by atoms with van der Waals surface area (Å²) in [5, 5.41) is 4.24. The molecule has 4 nitrogen and oxygen atoms in total. The second-order valence-corrected chi connectivity index (χ2v) is 5.76. The molecule has 1 aliphatic rings. The summed E-state index contributed by atoms with van der Waals surface area (Å²) >= 11 is 5.52. The molecule has 0 aliphatic carbocycles. The normalized spacial score (nSPS) is 21.7. The zero-order valence-electron chi connectivity index (χ0n) is 12.6. The van der Waals surface area contributed by atoms with Crippen LogP contribution in [-0.4, -0.2) is 26.1 Å². The summed E-state index contributed by atoms with van der Waals surface area (Å²) in [5.41, 5.74) is 3.54. The van der Waals surface area contributed by atoms with Crippen molar-refractivity contribution in [2.45, 2.75) is 25.9 Å². The molecule has 0 radical (unpaired) electrons. The maximum atomic E-state index is 5.52. The Morgan fingerprint density at radius 2 is 2.10 bits per heavy atom.